The average Bonchev–Trinajstić information content (AvgIpc) is 2.03. The lowest BCUT2D eigenvalue weighted by Crippen LogP contribution is -1.60. The van der Waals surface area contributed by atoms with Crippen LogP contribution in [0.2, 0.25) is 0 Å². The molecule has 0 bridgehead atoms. The fourth-order valence-corrected chi connectivity index (χ4v) is 0.595. The number of para-hydroxylation sites is 1. The summed E-state index contributed by atoms with van der Waals surface area (Å²) in [7, 11) is 0. The van der Waals surface area contributed by atoms with Crippen LogP contribution >= 0.6 is 0 Å². The Labute approximate surface area is 59.1 Å². The van der Waals surface area contributed by atoms with E-state index in [1.54, 1.807) is 0 Å². The summed E-state index contributed by atoms with van der Waals surface area (Å²) in [5, 5.41) is 6.50. The van der Waals surface area contributed by atoms with Gasteiger partial charge >= 0.3 is 0 Å². The van der Waals surface area contributed by atoms with Crippen LogP contribution in [0.4, 0.5) is 5.69 Å². The molecule has 0 aliphatic heterocycles. The SMILES string of the molecule is N=C=C=Nc1ccccc1. The molecule has 2 nitrogen and oxygen atoms in total. The highest BCUT2D eigenvalue weighted by Gasteiger charge is 1.79. The van der Waals surface area contributed by atoms with E-state index in [2.05, 4.69) is 10.9 Å². The van der Waals surface area contributed by atoms with Crippen molar-refractivity contribution in [2.45, 2.75) is 0 Å². The van der Waals surface area contributed by atoms with E-state index in [0.717, 1.165) is 5.69 Å². The molecule has 0 unspecified atom stereocenters. The van der Waals surface area contributed by atoms with Gasteiger partial charge in [0.2, 0.25) is 0 Å². The van der Waals surface area contributed by atoms with Crippen molar-refractivity contribution in [2.75, 3.05) is 0 Å². The molecule has 0 saturated heterocycles. The zero-order valence-corrected chi connectivity index (χ0v) is 5.33. The predicted molar refractivity (Wildman–Crippen MR) is 41.3 cm³/mol. The van der Waals surface area contributed by atoms with Gasteiger partial charge in [0.1, 0.15) is 0 Å². The van der Waals surface area contributed by atoms with Gasteiger partial charge in [-0.3, -0.25) is 0 Å². The highest BCUT2D eigenvalue weighted by molar-refractivity contribution is 5.87. The van der Waals surface area contributed by atoms with E-state index >= 15 is 0 Å². The van der Waals surface area contributed by atoms with Gasteiger partial charge < -0.3 is 0 Å². The Kier molecular flexibility index (Phi) is 2.22. The van der Waals surface area contributed by atoms with Gasteiger partial charge in [-0.2, -0.15) is 4.99 Å². The molecule has 48 valence electrons. The van der Waals surface area contributed by atoms with E-state index in [1.165, 1.54) is 0 Å². The highest BCUT2D eigenvalue weighted by Crippen LogP contribution is 2.06. The molecule has 1 aromatic carbocycles. The molecule has 0 amide bonds. The molecule has 0 aromatic heterocycles. The number of benzene rings is 1. The van der Waals surface area contributed by atoms with Crippen LogP contribution in [0, 0.1) is 5.41 Å². The molecular weight excluding hydrogens is 124 g/mol. The maximum absolute atomic E-state index is 6.50. The van der Waals surface area contributed by atoms with Crippen molar-refractivity contribution in [2.24, 2.45) is 4.99 Å². The van der Waals surface area contributed by atoms with E-state index in [0.29, 0.717) is 0 Å². The number of hydrogen-bond acceptors (Lipinski definition) is 2. The van der Waals surface area contributed by atoms with Crippen molar-refractivity contribution in [3.05, 3.63) is 30.3 Å². The molecule has 2 heteroatoms. The third kappa shape index (κ3) is 1.71. The molecule has 0 heterocycles. The van der Waals surface area contributed by atoms with Crippen molar-refractivity contribution in [1.29, 1.82) is 5.41 Å². The van der Waals surface area contributed by atoms with Crippen molar-refractivity contribution in [1.82, 2.24) is 0 Å². The van der Waals surface area contributed by atoms with E-state index in [1.807, 2.05) is 36.2 Å². The van der Waals surface area contributed by atoms with Gasteiger partial charge in [0, 0.05) is 0 Å². The Bertz CT molecular complexity index is 277. The summed E-state index contributed by atoms with van der Waals surface area (Å²) in [5.41, 5.74) is 0.794. The van der Waals surface area contributed by atoms with Crippen molar-refractivity contribution in [3.63, 3.8) is 0 Å². The fraction of sp³-hybridized carbons (Fsp3) is 0. The highest BCUT2D eigenvalue weighted by atomic mass is 14.7. The smallest absolute Gasteiger partial charge is 0.0737 e. The van der Waals surface area contributed by atoms with Crippen molar-refractivity contribution >= 4 is 17.4 Å². The zero-order chi connectivity index (χ0) is 7.23. The lowest BCUT2D eigenvalue weighted by molar-refractivity contribution is 1.55. The standard InChI is InChI=1S/C8H6N2/c9-6-7-10-8-4-2-1-3-5-8/h1-5,9H. The maximum Gasteiger partial charge on any atom is 0.0737 e. The van der Waals surface area contributed by atoms with Gasteiger partial charge in [0.15, 0.2) is 0 Å². The number of aliphatic imine (C=N–C) groups is 1. The molecule has 0 atom stereocenters. The van der Waals surface area contributed by atoms with Crippen LogP contribution in [0.5, 0.6) is 0 Å². The number of rotatable bonds is 1. The monoisotopic (exact) mass is 130 g/mol. The lowest BCUT2D eigenvalue weighted by atomic mass is 10.3. The quantitative estimate of drug-likeness (QED) is 0.563. The largest absolute Gasteiger partial charge is 0.250 e. The summed E-state index contributed by atoms with van der Waals surface area (Å²) in [5.74, 6) is 4.26. The number of nitrogens with zero attached hydrogens (tertiary/aromatic N) is 1. The molecule has 1 aromatic rings. The molecule has 10 heavy (non-hydrogen) atoms. The van der Waals surface area contributed by atoms with E-state index in [9.17, 15) is 0 Å². The van der Waals surface area contributed by atoms with E-state index < -0.39 is 0 Å². The Morgan fingerprint density at radius 2 is 1.90 bits per heavy atom. The molecule has 0 fully saturated rings. The molecule has 1 N–H and O–H groups in total. The topological polar surface area (TPSA) is 36.2 Å². The van der Waals surface area contributed by atoms with Gasteiger partial charge in [0.25, 0.3) is 0 Å². The van der Waals surface area contributed by atoms with Crippen LogP contribution in [0.25, 0.3) is 0 Å². The van der Waals surface area contributed by atoms with Gasteiger partial charge in [-0.05, 0) is 12.1 Å². The third-order valence-electron chi connectivity index (χ3n) is 0.997. The number of hydrogen-bond donors (Lipinski definition) is 1. The molecule has 1 rings (SSSR count). The summed E-state index contributed by atoms with van der Waals surface area (Å²) in [6.07, 6.45) is 0. The third-order valence-corrected chi connectivity index (χ3v) is 0.997. The number of nitrogens with one attached hydrogen (secondary N) is 1. The van der Waals surface area contributed by atoms with Gasteiger partial charge in [0.05, 0.1) is 17.4 Å². The van der Waals surface area contributed by atoms with Gasteiger partial charge in [-0.25, -0.2) is 5.41 Å². The first-order chi connectivity index (χ1) is 4.93. The Balaban J connectivity index is 2.97. The van der Waals surface area contributed by atoms with Crippen molar-refractivity contribution < 1.29 is 0 Å². The van der Waals surface area contributed by atoms with Crippen LogP contribution in [-0.4, -0.2) is 11.7 Å². The molecule has 0 aliphatic rings. The summed E-state index contributed by atoms with van der Waals surface area (Å²) in [4.78, 5) is 3.78. The van der Waals surface area contributed by atoms with Gasteiger partial charge in [-0.15, -0.1) is 0 Å². The minimum Gasteiger partial charge on any atom is -0.250 e. The minimum absolute atomic E-state index is 0.794. The molecule has 0 spiro atoms. The summed E-state index contributed by atoms with van der Waals surface area (Å²) < 4.78 is 0. The lowest BCUT2D eigenvalue weighted by Gasteiger charge is -1.84. The van der Waals surface area contributed by atoms with Crippen LogP contribution < -0.4 is 0 Å². The first-order valence-electron chi connectivity index (χ1n) is 2.86. The van der Waals surface area contributed by atoms with Crippen LogP contribution in [0.1, 0.15) is 0 Å². The zero-order valence-electron chi connectivity index (χ0n) is 5.33. The minimum atomic E-state index is 0.794. The fourth-order valence-electron chi connectivity index (χ4n) is 0.595. The predicted octanol–water partition coefficient (Wildman–Crippen LogP) is 1.79. The second-order valence-electron chi connectivity index (χ2n) is 1.68. The van der Waals surface area contributed by atoms with Gasteiger partial charge in [-0.1, -0.05) is 18.2 Å². The van der Waals surface area contributed by atoms with Crippen LogP contribution in [0.3, 0.4) is 0 Å². The second-order valence-corrected chi connectivity index (χ2v) is 1.68. The van der Waals surface area contributed by atoms with Crippen LogP contribution in [-0.2, 0) is 0 Å². The molecule has 0 aliphatic carbocycles. The maximum atomic E-state index is 6.50. The summed E-state index contributed by atoms with van der Waals surface area (Å²) in [6.45, 7) is 0. The first kappa shape index (κ1) is 6.50. The van der Waals surface area contributed by atoms with E-state index in [4.69, 9.17) is 5.41 Å². The Morgan fingerprint density at radius 3 is 2.50 bits per heavy atom. The van der Waals surface area contributed by atoms with Crippen molar-refractivity contribution in [3.8, 4) is 0 Å². The Morgan fingerprint density at radius 1 is 1.20 bits per heavy atom. The van der Waals surface area contributed by atoms with E-state index in [-0.39, 0.29) is 0 Å². The Hall–Kier alpha value is -1.62. The second kappa shape index (κ2) is 3.41. The molecule has 0 saturated carbocycles. The summed E-state index contributed by atoms with van der Waals surface area (Å²) >= 11 is 0. The average molecular weight is 130 g/mol. The molecular formula is C8H6N2. The summed E-state index contributed by atoms with van der Waals surface area (Å²) in [6, 6.07) is 9.34. The normalized spacial score (nSPS) is 7.60. The molecule has 0 radical (unpaired) electrons. The van der Waals surface area contributed by atoms with Crippen LogP contribution in [0.15, 0.2) is 35.3 Å². The first-order valence-corrected chi connectivity index (χ1v) is 2.86.